The first-order chi connectivity index (χ1) is 16.5. The number of rotatable bonds is 5. The van der Waals surface area contributed by atoms with Gasteiger partial charge in [0.15, 0.2) is 11.1 Å². The molecule has 4 aromatic rings. The van der Waals surface area contributed by atoms with Gasteiger partial charge in [-0.3, -0.25) is 9.78 Å². The monoisotopic (exact) mass is 483 g/mol. The fourth-order valence-electron chi connectivity index (χ4n) is 3.87. The van der Waals surface area contributed by atoms with Gasteiger partial charge in [-0.05, 0) is 56.7 Å². The summed E-state index contributed by atoms with van der Waals surface area (Å²) in [5.41, 5.74) is 0.165. The van der Waals surface area contributed by atoms with Crippen molar-refractivity contribution in [3.63, 3.8) is 0 Å². The Morgan fingerprint density at radius 1 is 1.17 bits per heavy atom. The van der Waals surface area contributed by atoms with E-state index in [1.807, 2.05) is 0 Å². The van der Waals surface area contributed by atoms with E-state index < -0.39 is 29.6 Å². The lowest BCUT2D eigenvalue weighted by Crippen LogP contribution is -2.17. The van der Waals surface area contributed by atoms with Gasteiger partial charge < -0.3 is 14.8 Å². The minimum Gasteiger partial charge on any atom is -0.476 e. The molecule has 0 saturated carbocycles. The number of halogens is 3. The van der Waals surface area contributed by atoms with E-state index >= 15 is 0 Å². The van der Waals surface area contributed by atoms with E-state index in [4.69, 9.17) is 4.42 Å². The molecule has 0 bridgehead atoms. The Balaban J connectivity index is 1.85. The molecule has 180 valence electrons. The minimum atomic E-state index is -4.79. The van der Waals surface area contributed by atoms with Crippen LogP contribution in [0.5, 0.6) is 0 Å². The SMILES string of the molecule is Cc1cc(C(C)Nc2ccc(C(F)(F)F)nc2C(=O)O)c2oc(-c3cccnc3)c(C)c(=O)c2c1. The second-order valence-electron chi connectivity index (χ2n) is 8.12. The maximum Gasteiger partial charge on any atom is 0.433 e. The third kappa shape index (κ3) is 4.59. The predicted octanol–water partition coefficient (Wildman–Crippen LogP) is 5.76. The highest BCUT2D eigenvalue weighted by atomic mass is 19.4. The maximum atomic E-state index is 13.2. The molecular weight excluding hydrogens is 463 g/mol. The van der Waals surface area contributed by atoms with Gasteiger partial charge in [-0.25, -0.2) is 9.78 Å². The zero-order valence-corrected chi connectivity index (χ0v) is 18.9. The van der Waals surface area contributed by atoms with Crippen LogP contribution >= 0.6 is 0 Å². The molecule has 4 rings (SSSR count). The van der Waals surface area contributed by atoms with Crippen molar-refractivity contribution in [1.82, 2.24) is 9.97 Å². The van der Waals surface area contributed by atoms with Gasteiger partial charge in [-0.15, -0.1) is 0 Å². The van der Waals surface area contributed by atoms with E-state index in [1.165, 1.54) is 0 Å². The number of aromatic nitrogens is 2. The predicted molar refractivity (Wildman–Crippen MR) is 123 cm³/mol. The lowest BCUT2D eigenvalue weighted by atomic mass is 9.99. The molecule has 3 aromatic heterocycles. The number of aryl methyl sites for hydroxylation is 1. The Hall–Kier alpha value is -4.21. The zero-order valence-electron chi connectivity index (χ0n) is 18.9. The molecule has 1 unspecified atom stereocenters. The summed E-state index contributed by atoms with van der Waals surface area (Å²) >= 11 is 0. The van der Waals surface area contributed by atoms with Crippen LogP contribution in [0.1, 0.15) is 45.8 Å². The molecule has 0 spiro atoms. The van der Waals surface area contributed by atoms with Crippen molar-refractivity contribution in [3.05, 3.63) is 87.1 Å². The number of hydrogen-bond acceptors (Lipinski definition) is 6. The first-order valence-corrected chi connectivity index (χ1v) is 10.5. The zero-order chi connectivity index (χ0) is 25.5. The molecule has 0 aliphatic rings. The molecule has 3 heterocycles. The Bertz CT molecular complexity index is 1500. The van der Waals surface area contributed by atoms with Crippen LogP contribution in [0.3, 0.4) is 0 Å². The Morgan fingerprint density at radius 3 is 2.54 bits per heavy atom. The maximum absolute atomic E-state index is 13.2. The third-order valence-electron chi connectivity index (χ3n) is 5.54. The summed E-state index contributed by atoms with van der Waals surface area (Å²) in [6, 6.07) is 8.01. The van der Waals surface area contributed by atoms with E-state index in [2.05, 4.69) is 15.3 Å². The largest absolute Gasteiger partial charge is 0.476 e. The number of carboxylic acid groups (broad SMARTS) is 1. The summed E-state index contributed by atoms with van der Waals surface area (Å²) in [5, 5.41) is 12.7. The van der Waals surface area contributed by atoms with E-state index in [-0.39, 0.29) is 16.7 Å². The molecule has 1 aromatic carbocycles. The molecule has 7 nitrogen and oxygen atoms in total. The Morgan fingerprint density at radius 2 is 1.91 bits per heavy atom. The molecule has 0 aliphatic heterocycles. The average Bonchev–Trinajstić information content (AvgIpc) is 2.81. The van der Waals surface area contributed by atoms with Crippen molar-refractivity contribution in [1.29, 1.82) is 0 Å². The molecule has 0 radical (unpaired) electrons. The van der Waals surface area contributed by atoms with Crippen molar-refractivity contribution in [2.45, 2.75) is 33.0 Å². The van der Waals surface area contributed by atoms with Gasteiger partial charge >= 0.3 is 12.1 Å². The second kappa shape index (κ2) is 8.86. The molecule has 0 amide bonds. The van der Waals surface area contributed by atoms with Gasteiger partial charge in [0.2, 0.25) is 0 Å². The third-order valence-corrected chi connectivity index (χ3v) is 5.54. The normalized spacial score (nSPS) is 12.5. The molecule has 1 atom stereocenters. The number of anilines is 1. The van der Waals surface area contributed by atoms with E-state index in [1.54, 1.807) is 57.4 Å². The summed E-state index contributed by atoms with van der Waals surface area (Å²) in [4.78, 5) is 32.2. The number of carboxylic acids is 1. The van der Waals surface area contributed by atoms with Crippen LogP contribution in [-0.2, 0) is 6.18 Å². The van der Waals surface area contributed by atoms with Gasteiger partial charge in [0.25, 0.3) is 0 Å². The molecule has 0 aliphatic carbocycles. The highest BCUT2D eigenvalue weighted by Crippen LogP contribution is 2.34. The van der Waals surface area contributed by atoms with Gasteiger partial charge in [0, 0.05) is 29.1 Å². The number of pyridine rings is 2. The number of benzene rings is 1. The molecule has 0 fully saturated rings. The molecule has 2 N–H and O–H groups in total. The summed E-state index contributed by atoms with van der Waals surface area (Å²) < 4.78 is 45.3. The molecule has 10 heteroatoms. The van der Waals surface area contributed by atoms with Crippen LogP contribution in [0, 0.1) is 13.8 Å². The number of hydrogen-bond donors (Lipinski definition) is 2. The fraction of sp³-hybridized carbons (Fsp3) is 0.200. The number of nitrogens with zero attached hydrogens (tertiary/aromatic N) is 2. The van der Waals surface area contributed by atoms with Crippen molar-refractivity contribution in [2.24, 2.45) is 0 Å². The van der Waals surface area contributed by atoms with Crippen LogP contribution in [0.2, 0.25) is 0 Å². The molecule has 35 heavy (non-hydrogen) atoms. The van der Waals surface area contributed by atoms with Crippen LogP contribution < -0.4 is 10.7 Å². The van der Waals surface area contributed by atoms with Gasteiger partial charge in [0.05, 0.1) is 17.1 Å². The number of alkyl halides is 3. The Labute approximate surface area is 197 Å². The van der Waals surface area contributed by atoms with Crippen LogP contribution in [0.25, 0.3) is 22.3 Å². The first kappa shape index (κ1) is 23.9. The smallest absolute Gasteiger partial charge is 0.433 e. The number of fused-ring (bicyclic) bond motifs is 1. The quantitative estimate of drug-likeness (QED) is 0.372. The number of carbonyl (C=O) groups is 1. The molecule has 0 saturated heterocycles. The van der Waals surface area contributed by atoms with E-state index in [0.29, 0.717) is 33.9 Å². The lowest BCUT2D eigenvalue weighted by molar-refractivity contribution is -0.141. The molecular formula is C25H20F3N3O4. The summed E-state index contributed by atoms with van der Waals surface area (Å²) in [7, 11) is 0. The van der Waals surface area contributed by atoms with Gasteiger partial charge in [-0.1, -0.05) is 6.07 Å². The first-order valence-electron chi connectivity index (χ1n) is 10.5. The van der Waals surface area contributed by atoms with Gasteiger partial charge in [0.1, 0.15) is 17.0 Å². The van der Waals surface area contributed by atoms with Crippen LogP contribution in [-0.4, -0.2) is 21.0 Å². The topological polar surface area (TPSA) is 105 Å². The minimum absolute atomic E-state index is 0.102. The summed E-state index contributed by atoms with van der Waals surface area (Å²) in [6.07, 6.45) is -1.62. The lowest BCUT2D eigenvalue weighted by Gasteiger charge is -2.20. The highest BCUT2D eigenvalue weighted by molar-refractivity contribution is 5.92. The fourth-order valence-corrected chi connectivity index (χ4v) is 3.87. The van der Waals surface area contributed by atoms with Crippen molar-refractivity contribution >= 4 is 22.6 Å². The van der Waals surface area contributed by atoms with Crippen LogP contribution in [0.4, 0.5) is 18.9 Å². The second-order valence-corrected chi connectivity index (χ2v) is 8.12. The summed E-state index contributed by atoms with van der Waals surface area (Å²) in [6.45, 7) is 5.13. The number of nitrogens with one attached hydrogen (secondary N) is 1. The average molecular weight is 483 g/mol. The van der Waals surface area contributed by atoms with Crippen LogP contribution in [0.15, 0.2) is 58.0 Å². The van der Waals surface area contributed by atoms with Gasteiger partial charge in [-0.2, -0.15) is 13.2 Å². The van der Waals surface area contributed by atoms with E-state index in [0.717, 1.165) is 11.6 Å². The van der Waals surface area contributed by atoms with Crippen molar-refractivity contribution in [3.8, 4) is 11.3 Å². The van der Waals surface area contributed by atoms with E-state index in [9.17, 15) is 27.9 Å². The highest BCUT2D eigenvalue weighted by Gasteiger charge is 2.34. The van der Waals surface area contributed by atoms with Crippen molar-refractivity contribution in [2.75, 3.05) is 5.32 Å². The van der Waals surface area contributed by atoms with Crippen molar-refractivity contribution < 1.29 is 27.5 Å². The number of aromatic carboxylic acids is 1. The Kier molecular flexibility index (Phi) is 6.06. The summed E-state index contributed by atoms with van der Waals surface area (Å²) in [5.74, 6) is -1.27. The standard InChI is InChI=1S/C25H20F3N3O4/c1-12-9-16(14(3)30-18-6-7-19(25(26,27)28)31-20(18)24(33)34)23-17(10-12)21(32)13(2)22(35-23)15-5-4-8-29-11-15/h4-11,14,30H,1-3H3,(H,33,34).